The lowest BCUT2D eigenvalue weighted by Crippen LogP contribution is -2.24. The lowest BCUT2D eigenvalue weighted by molar-refractivity contribution is 0.281. The highest BCUT2D eigenvalue weighted by Crippen LogP contribution is 2.17. The van der Waals surface area contributed by atoms with Crippen molar-refractivity contribution in [1.82, 2.24) is 4.72 Å². The normalized spacial score (nSPS) is 11.7. The molecule has 5 nitrogen and oxygen atoms in total. The minimum absolute atomic E-state index is 0.0954. The number of benzene rings is 1. The predicted molar refractivity (Wildman–Crippen MR) is 69.8 cm³/mol. The number of sulfonamides is 1. The SMILES string of the molecule is Cc1ccc(CO)cc1S(=O)(=O)NCc1ccco1. The quantitative estimate of drug-likeness (QED) is 0.871. The molecule has 2 rings (SSSR count). The molecule has 0 aliphatic carbocycles. The van der Waals surface area contributed by atoms with Crippen LogP contribution in [0.4, 0.5) is 0 Å². The summed E-state index contributed by atoms with van der Waals surface area (Å²) in [7, 11) is -3.62. The molecule has 19 heavy (non-hydrogen) atoms. The third kappa shape index (κ3) is 3.23. The number of aryl methyl sites for hydroxylation is 1. The number of hydrogen-bond acceptors (Lipinski definition) is 4. The topological polar surface area (TPSA) is 79.5 Å². The van der Waals surface area contributed by atoms with E-state index in [-0.39, 0.29) is 18.0 Å². The summed E-state index contributed by atoms with van der Waals surface area (Å²) < 4.78 is 31.9. The molecule has 1 heterocycles. The molecule has 2 N–H and O–H groups in total. The van der Waals surface area contributed by atoms with Gasteiger partial charge in [0.05, 0.1) is 24.3 Å². The van der Waals surface area contributed by atoms with Gasteiger partial charge in [-0.1, -0.05) is 12.1 Å². The summed E-state index contributed by atoms with van der Waals surface area (Å²) in [5, 5.41) is 9.07. The first-order valence-corrected chi connectivity index (χ1v) is 7.23. The second-order valence-corrected chi connectivity index (χ2v) is 5.90. The molecule has 1 aromatic heterocycles. The van der Waals surface area contributed by atoms with Gasteiger partial charge in [0.2, 0.25) is 10.0 Å². The van der Waals surface area contributed by atoms with E-state index in [4.69, 9.17) is 9.52 Å². The zero-order valence-electron chi connectivity index (χ0n) is 10.5. The monoisotopic (exact) mass is 281 g/mol. The van der Waals surface area contributed by atoms with Crippen molar-refractivity contribution in [2.24, 2.45) is 0 Å². The maximum absolute atomic E-state index is 12.2. The summed E-state index contributed by atoms with van der Waals surface area (Å²) in [6.07, 6.45) is 1.49. The van der Waals surface area contributed by atoms with Crippen molar-refractivity contribution >= 4 is 10.0 Å². The molecule has 1 aromatic carbocycles. The van der Waals surface area contributed by atoms with Crippen LogP contribution in [0.1, 0.15) is 16.9 Å². The number of hydrogen-bond donors (Lipinski definition) is 2. The van der Waals surface area contributed by atoms with E-state index in [0.29, 0.717) is 16.9 Å². The fourth-order valence-electron chi connectivity index (χ4n) is 1.69. The van der Waals surface area contributed by atoms with Gasteiger partial charge in [0.1, 0.15) is 5.76 Å². The fourth-order valence-corrected chi connectivity index (χ4v) is 2.98. The molecule has 0 bridgehead atoms. The number of furan rings is 1. The van der Waals surface area contributed by atoms with Crippen molar-refractivity contribution in [1.29, 1.82) is 0 Å². The maximum Gasteiger partial charge on any atom is 0.241 e. The smallest absolute Gasteiger partial charge is 0.241 e. The van der Waals surface area contributed by atoms with Crippen molar-refractivity contribution in [2.45, 2.75) is 25.0 Å². The third-order valence-corrected chi connectivity index (χ3v) is 4.28. The highest BCUT2D eigenvalue weighted by atomic mass is 32.2. The number of nitrogens with one attached hydrogen (secondary N) is 1. The Labute approximate surface area is 111 Å². The lowest BCUT2D eigenvalue weighted by atomic mass is 10.2. The number of aliphatic hydroxyl groups is 1. The first-order valence-electron chi connectivity index (χ1n) is 5.75. The molecule has 0 radical (unpaired) electrons. The molecule has 0 spiro atoms. The van der Waals surface area contributed by atoms with Crippen LogP contribution in [0, 0.1) is 6.92 Å². The van der Waals surface area contributed by atoms with Gasteiger partial charge in [-0.3, -0.25) is 0 Å². The molecule has 0 saturated heterocycles. The van der Waals surface area contributed by atoms with Crippen molar-refractivity contribution in [3.8, 4) is 0 Å². The Morgan fingerprint density at radius 1 is 1.32 bits per heavy atom. The van der Waals surface area contributed by atoms with Gasteiger partial charge in [-0.2, -0.15) is 0 Å². The average molecular weight is 281 g/mol. The average Bonchev–Trinajstić information content (AvgIpc) is 2.90. The lowest BCUT2D eigenvalue weighted by Gasteiger charge is -2.09. The van der Waals surface area contributed by atoms with Crippen molar-refractivity contribution in [3.63, 3.8) is 0 Å². The van der Waals surface area contributed by atoms with Gasteiger partial charge in [0.15, 0.2) is 0 Å². The molecule has 0 aliphatic heterocycles. The highest BCUT2D eigenvalue weighted by molar-refractivity contribution is 7.89. The van der Waals surface area contributed by atoms with Crippen LogP contribution in [-0.4, -0.2) is 13.5 Å². The Morgan fingerprint density at radius 3 is 2.74 bits per heavy atom. The van der Waals surface area contributed by atoms with E-state index in [2.05, 4.69) is 4.72 Å². The minimum atomic E-state index is -3.62. The summed E-state index contributed by atoms with van der Waals surface area (Å²) in [6.45, 7) is 1.61. The van der Waals surface area contributed by atoms with Crippen LogP contribution in [0.25, 0.3) is 0 Å². The molecular formula is C13H15NO4S. The van der Waals surface area contributed by atoms with E-state index >= 15 is 0 Å². The Hall–Kier alpha value is -1.63. The van der Waals surface area contributed by atoms with Gasteiger partial charge >= 0.3 is 0 Å². The molecule has 102 valence electrons. The molecular weight excluding hydrogens is 266 g/mol. The summed E-state index contributed by atoms with van der Waals surface area (Å²) >= 11 is 0. The molecule has 2 aromatic rings. The van der Waals surface area contributed by atoms with E-state index in [1.165, 1.54) is 12.3 Å². The molecule has 0 aliphatic rings. The van der Waals surface area contributed by atoms with Crippen LogP contribution >= 0.6 is 0 Å². The Morgan fingerprint density at radius 2 is 2.11 bits per heavy atom. The Bertz CT molecular complexity index is 647. The van der Waals surface area contributed by atoms with E-state index in [1.54, 1.807) is 31.2 Å². The van der Waals surface area contributed by atoms with Crippen LogP contribution in [-0.2, 0) is 23.2 Å². The van der Waals surface area contributed by atoms with Gasteiger partial charge in [-0.15, -0.1) is 0 Å². The molecule has 0 unspecified atom stereocenters. The Balaban J connectivity index is 2.23. The zero-order valence-corrected chi connectivity index (χ0v) is 11.3. The second kappa shape index (κ2) is 5.56. The predicted octanol–water partition coefficient (Wildman–Crippen LogP) is 1.56. The van der Waals surface area contributed by atoms with Crippen molar-refractivity contribution in [3.05, 3.63) is 53.5 Å². The van der Waals surface area contributed by atoms with Crippen LogP contribution in [0.3, 0.4) is 0 Å². The number of rotatable bonds is 5. The first kappa shape index (κ1) is 13.8. The zero-order chi connectivity index (χ0) is 13.9. The van der Waals surface area contributed by atoms with Crippen LogP contribution in [0.15, 0.2) is 45.9 Å². The van der Waals surface area contributed by atoms with E-state index in [0.717, 1.165) is 0 Å². The Kier molecular flexibility index (Phi) is 4.04. The molecule has 0 fully saturated rings. The van der Waals surface area contributed by atoms with E-state index in [1.807, 2.05) is 0 Å². The van der Waals surface area contributed by atoms with Gasteiger partial charge in [-0.25, -0.2) is 13.1 Å². The first-order chi connectivity index (χ1) is 9.03. The number of aliphatic hydroxyl groups excluding tert-OH is 1. The summed E-state index contributed by atoms with van der Waals surface area (Å²) in [5.74, 6) is 0.541. The van der Waals surface area contributed by atoms with Crippen LogP contribution in [0.2, 0.25) is 0 Å². The third-order valence-electron chi connectivity index (χ3n) is 2.74. The maximum atomic E-state index is 12.2. The van der Waals surface area contributed by atoms with Crippen LogP contribution in [0.5, 0.6) is 0 Å². The summed E-state index contributed by atoms with van der Waals surface area (Å²) in [6, 6.07) is 8.23. The largest absolute Gasteiger partial charge is 0.468 e. The minimum Gasteiger partial charge on any atom is -0.468 e. The molecule has 6 heteroatoms. The van der Waals surface area contributed by atoms with Gasteiger partial charge in [-0.05, 0) is 36.2 Å². The van der Waals surface area contributed by atoms with E-state index in [9.17, 15) is 8.42 Å². The second-order valence-electron chi connectivity index (χ2n) is 4.16. The highest BCUT2D eigenvalue weighted by Gasteiger charge is 2.17. The molecule has 0 atom stereocenters. The summed E-state index contributed by atoms with van der Waals surface area (Å²) in [5.41, 5.74) is 1.19. The van der Waals surface area contributed by atoms with Crippen molar-refractivity contribution in [2.75, 3.05) is 0 Å². The van der Waals surface area contributed by atoms with Crippen molar-refractivity contribution < 1.29 is 17.9 Å². The van der Waals surface area contributed by atoms with Gasteiger partial charge < -0.3 is 9.52 Å². The summed E-state index contributed by atoms with van der Waals surface area (Å²) in [4.78, 5) is 0.172. The standard InChI is InChI=1S/C13H15NO4S/c1-10-4-5-11(9-15)7-13(10)19(16,17)14-8-12-3-2-6-18-12/h2-7,14-15H,8-9H2,1H3. The van der Waals surface area contributed by atoms with Gasteiger partial charge in [0.25, 0.3) is 0 Å². The van der Waals surface area contributed by atoms with Gasteiger partial charge in [0, 0.05) is 0 Å². The molecule has 0 amide bonds. The fraction of sp³-hybridized carbons (Fsp3) is 0.231. The van der Waals surface area contributed by atoms with Crippen LogP contribution < -0.4 is 4.72 Å². The molecule has 0 saturated carbocycles. The van der Waals surface area contributed by atoms with E-state index < -0.39 is 10.0 Å².